The predicted octanol–water partition coefficient (Wildman–Crippen LogP) is 0.960. The highest BCUT2D eigenvalue weighted by Gasteiger charge is 2.22. The number of anilines is 1. The molecule has 9 heteroatoms. The first kappa shape index (κ1) is 18.8. The number of aliphatic hydroxyl groups excluding tert-OH is 4. The molecule has 0 spiro atoms. The van der Waals surface area contributed by atoms with E-state index in [1.807, 2.05) is 17.5 Å². The van der Waals surface area contributed by atoms with Crippen LogP contribution in [0.15, 0.2) is 34.7 Å². The van der Waals surface area contributed by atoms with Crippen LogP contribution in [0.5, 0.6) is 0 Å². The third-order valence-electron chi connectivity index (χ3n) is 3.23. The Labute approximate surface area is 148 Å². The molecule has 0 aliphatic rings. The van der Waals surface area contributed by atoms with Crippen LogP contribution in [0.3, 0.4) is 0 Å². The molecule has 24 heavy (non-hydrogen) atoms. The highest BCUT2D eigenvalue weighted by Crippen LogP contribution is 2.27. The van der Waals surface area contributed by atoms with Crippen LogP contribution in [-0.4, -0.2) is 63.6 Å². The van der Waals surface area contributed by atoms with Crippen molar-refractivity contribution in [2.24, 2.45) is 5.10 Å². The number of hydrazone groups is 1. The standard InChI is InChI=1S/C15H18ClN3O4S/c1-19(17-6-12(21)14(23)13(22)7-20)15-18-11(8-24-15)9-2-4-10(16)5-3-9/h2-6,8,12-14,20-23H,7H2,1H3/b17-6+/t12-,13+,14+/m0/s1. The molecule has 2 aromatic rings. The Bertz CT molecular complexity index is 680. The van der Waals surface area contributed by atoms with Gasteiger partial charge in [0.1, 0.15) is 18.3 Å². The fourth-order valence-corrected chi connectivity index (χ4v) is 2.69. The molecule has 0 amide bonds. The van der Waals surface area contributed by atoms with Crippen LogP contribution in [0.1, 0.15) is 0 Å². The van der Waals surface area contributed by atoms with Crippen molar-refractivity contribution in [2.75, 3.05) is 18.7 Å². The summed E-state index contributed by atoms with van der Waals surface area (Å²) in [5, 5.41) is 45.8. The van der Waals surface area contributed by atoms with Gasteiger partial charge in [-0.3, -0.25) is 0 Å². The molecule has 3 atom stereocenters. The quantitative estimate of drug-likeness (QED) is 0.426. The molecule has 0 unspecified atom stereocenters. The minimum Gasteiger partial charge on any atom is -0.394 e. The lowest BCUT2D eigenvalue weighted by molar-refractivity contribution is -0.0541. The highest BCUT2D eigenvalue weighted by molar-refractivity contribution is 7.14. The van der Waals surface area contributed by atoms with Crippen LogP contribution in [0.2, 0.25) is 5.02 Å². The molecule has 0 saturated carbocycles. The van der Waals surface area contributed by atoms with Crippen LogP contribution in [0.4, 0.5) is 5.13 Å². The summed E-state index contributed by atoms with van der Waals surface area (Å²) in [5.74, 6) is 0. The zero-order valence-corrected chi connectivity index (χ0v) is 14.4. The number of thiazole rings is 1. The van der Waals surface area contributed by atoms with Crippen LogP contribution < -0.4 is 5.01 Å². The minimum absolute atomic E-state index is 0.584. The molecule has 2 rings (SSSR count). The molecule has 4 N–H and O–H groups in total. The fourth-order valence-electron chi connectivity index (χ4n) is 1.81. The van der Waals surface area contributed by atoms with E-state index in [2.05, 4.69) is 10.1 Å². The van der Waals surface area contributed by atoms with Crippen molar-refractivity contribution >= 4 is 34.3 Å². The molecular formula is C15H18ClN3O4S. The maximum Gasteiger partial charge on any atom is 0.206 e. The van der Waals surface area contributed by atoms with E-state index in [4.69, 9.17) is 16.7 Å². The van der Waals surface area contributed by atoms with E-state index >= 15 is 0 Å². The van der Waals surface area contributed by atoms with Gasteiger partial charge in [0.15, 0.2) is 0 Å². The number of rotatable bonds is 7. The van der Waals surface area contributed by atoms with Crippen molar-refractivity contribution in [3.8, 4) is 11.3 Å². The van der Waals surface area contributed by atoms with Gasteiger partial charge < -0.3 is 20.4 Å². The van der Waals surface area contributed by atoms with E-state index in [-0.39, 0.29) is 0 Å². The monoisotopic (exact) mass is 371 g/mol. The van der Waals surface area contributed by atoms with E-state index in [9.17, 15) is 15.3 Å². The van der Waals surface area contributed by atoms with Crippen LogP contribution in [-0.2, 0) is 0 Å². The van der Waals surface area contributed by atoms with Crippen molar-refractivity contribution in [2.45, 2.75) is 18.3 Å². The lowest BCUT2D eigenvalue weighted by Gasteiger charge is -2.18. The summed E-state index contributed by atoms with van der Waals surface area (Å²) in [6.07, 6.45) is -3.29. The SMILES string of the molecule is CN(/N=C/[C@H](O)[C@@H](O)[C@H](O)CO)c1nc(-c2ccc(Cl)cc2)cs1. The number of nitrogens with zero attached hydrogens (tertiary/aromatic N) is 3. The first-order chi connectivity index (χ1) is 11.4. The summed E-state index contributed by atoms with van der Waals surface area (Å²) in [7, 11) is 1.64. The van der Waals surface area contributed by atoms with E-state index in [1.165, 1.54) is 16.3 Å². The summed E-state index contributed by atoms with van der Waals surface area (Å²) >= 11 is 7.22. The maximum atomic E-state index is 9.70. The number of hydrogen-bond acceptors (Lipinski definition) is 8. The van der Waals surface area contributed by atoms with Crippen molar-refractivity contribution < 1.29 is 20.4 Å². The van der Waals surface area contributed by atoms with Gasteiger partial charge >= 0.3 is 0 Å². The molecule has 1 aromatic heterocycles. The summed E-state index contributed by atoms with van der Waals surface area (Å²) in [5.41, 5.74) is 1.69. The third-order valence-corrected chi connectivity index (χ3v) is 4.39. The van der Waals surface area contributed by atoms with Gasteiger partial charge in [0.25, 0.3) is 0 Å². The Morgan fingerprint density at radius 2 is 1.96 bits per heavy atom. The number of halogens is 1. The lowest BCUT2D eigenvalue weighted by Crippen LogP contribution is -2.40. The van der Waals surface area contributed by atoms with E-state index in [0.29, 0.717) is 10.2 Å². The molecule has 0 fully saturated rings. The largest absolute Gasteiger partial charge is 0.394 e. The molecule has 0 aliphatic heterocycles. The van der Waals surface area contributed by atoms with E-state index in [0.717, 1.165) is 17.5 Å². The molecule has 0 aliphatic carbocycles. The molecule has 1 heterocycles. The number of benzene rings is 1. The van der Waals surface area contributed by atoms with Crippen molar-refractivity contribution in [3.05, 3.63) is 34.7 Å². The molecule has 0 saturated heterocycles. The van der Waals surface area contributed by atoms with Crippen LogP contribution in [0.25, 0.3) is 11.3 Å². The Morgan fingerprint density at radius 1 is 1.29 bits per heavy atom. The summed E-state index contributed by atoms with van der Waals surface area (Å²) in [6, 6.07) is 7.28. The van der Waals surface area contributed by atoms with Gasteiger partial charge in [0, 0.05) is 23.0 Å². The number of aliphatic hydroxyl groups is 4. The van der Waals surface area contributed by atoms with Crippen LogP contribution >= 0.6 is 22.9 Å². The second-order valence-corrected chi connectivity index (χ2v) is 6.31. The van der Waals surface area contributed by atoms with E-state index < -0.39 is 24.9 Å². The maximum absolute atomic E-state index is 9.70. The second kappa shape index (κ2) is 8.52. The summed E-state index contributed by atoms with van der Waals surface area (Å²) in [6.45, 7) is -0.654. The zero-order chi connectivity index (χ0) is 17.7. The summed E-state index contributed by atoms with van der Waals surface area (Å²) < 4.78 is 0. The van der Waals surface area contributed by atoms with Crippen molar-refractivity contribution in [1.82, 2.24) is 4.98 Å². The van der Waals surface area contributed by atoms with Gasteiger partial charge in [-0.1, -0.05) is 23.7 Å². The Morgan fingerprint density at radius 3 is 2.58 bits per heavy atom. The average Bonchev–Trinajstić information content (AvgIpc) is 3.08. The normalized spacial score (nSPS) is 15.4. The second-order valence-electron chi connectivity index (χ2n) is 5.04. The van der Waals surface area contributed by atoms with Gasteiger partial charge in [0.05, 0.1) is 18.5 Å². The zero-order valence-electron chi connectivity index (χ0n) is 12.8. The average molecular weight is 372 g/mol. The third kappa shape index (κ3) is 4.73. The van der Waals surface area contributed by atoms with E-state index in [1.54, 1.807) is 19.2 Å². The molecule has 7 nitrogen and oxygen atoms in total. The van der Waals surface area contributed by atoms with Crippen LogP contribution in [0, 0.1) is 0 Å². The van der Waals surface area contributed by atoms with Gasteiger partial charge in [-0.05, 0) is 12.1 Å². The molecule has 130 valence electrons. The van der Waals surface area contributed by atoms with Gasteiger partial charge in [-0.15, -0.1) is 11.3 Å². The van der Waals surface area contributed by atoms with Gasteiger partial charge in [-0.25, -0.2) is 9.99 Å². The van der Waals surface area contributed by atoms with Crippen molar-refractivity contribution in [1.29, 1.82) is 0 Å². The minimum atomic E-state index is -1.52. The molecule has 0 radical (unpaired) electrons. The number of aromatic nitrogens is 1. The Kier molecular flexibility index (Phi) is 6.67. The van der Waals surface area contributed by atoms with Gasteiger partial charge in [-0.2, -0.15) is 5.10 Å². The summed E-state index contributed by atoms with van der Waals surface area (Å²) in [4.78, 5) is 4.44. The first-order valence-electron chi connectivity index (χ1n) is 7.06. The van der Waals surface area contributed by atoms with Gasteiger partial charge in [0.2, 0.25) is 5.13 Å². The molecule has 1 aromatic carbocycles. The topological polar surface area (TPSA) is 109 Å². The smallest absolute Gasteiger partial charge is 0.206 e. The van der Waals surface area contributed by atoms with Crippen molar-refractivity contribution in [3.63, 3.8) is 0 Å². The number of hydrogen-bond donors (Lipinski definition) is 4. The molecule has 0 bridgehead atoms. The lowest BCUT2D eigenvalue weighted by atomic mass is 10.1. The Balaban J connectivity index is 2.04. The fraction of sp³-hybridized carbons (Fsp3) is 0.333. The Hall–Kier alpha value is -1.55. The highest BCUT2D eigenvalue weighted by atomic mass is 35.5. The first-order valence-corrected chi connectivity index (χ1v) is 8.32. The predicted molar refractivity (Wildman–Crippen MR) is 94.6 cm³/mol. The molecular weight excluding hydrogens is 354 g/mol.